The van der Waals surface area contributed by atoms with E-state index in [2.05, 4.69) is 0 Å². The Morgan fingerprint density at radius 3 is 2.90 bits per heavy atom. The number of nitrogens with zero attached hydrogens (tertiary/aromatic N) is 2. The summed E-state index contributed by atoms with van der Waals surface area (Å²) in [6.45, 7) is 1.45. The summed E-state index contributed by atoms with van der Waals surface area (Å²) in [4.78, 5) is 27.1. The maximum atomic E-state index is 12.1. The third-order valence-electron chi connectivity index (χ3n) is 3.31. The molecule has 1 aliphatic heterocycles. The molecule has 5 heteroatoms. The van der Waals surface area contributed by atoms with Crippen LogP contribution in [-0.4, -0.2) is 48.3 Å². The Labute approximate surface area is 118 Å². The summed E-state index contributed by atoms with van der Waals surface area (Å²) in [5.74, 6) is -0.163. The molecule has 0 bridgehead atoms. The Morgan fingerprint density at radius 1 is 1.35 bits per heavy atom. The van der Waals surface area contributed by atoms with Gasteiger partial charge in [-0.2, -0.15) is 0 Å². The zero-order chi connectivity index (χ0) is 14.5. The van der Waals surface area contributed by atoms with Crippen molar-refractivity contribution in [1.82, 2.24) is 9.80 Å². The molecule has 2 N–H and O–H groups in total. The van der Waals surface area contributed by atoms with E-state index in [0.29, 0.717) is 18.8 Å². The van der Waals surface area contributed by atoms with Gasteiger partial charge in [0.15, 0.2) is 0 Å². The van der Waals surface area contributed by atoms with Crippen LogP contribution in [0.15, 0.2) is 30.3 Å². The van der Waals surface area contributed by atoms with E-state index in [1.165, 1.54) is 6.08 Å². The van der Waals surface area contributed by atoms with Gasteiger partial charge in [0.25, 0.3) is 0 Å². The van der Waals surface area contributed by atoms with Crippen molar-refractivity contribution in [2.75, 3.05) is 32.4 Å². The smallest absolute Gasteiger partial charge is 0.247 e. The summed E-state index contributed by atoms with van der Waals surface area (Å²) in [7, 11) is 1.76. The predicted molar refractivity (Wildman–Crippen MR) is 78.7 cm³/mol. The van der Waals surface area contributed by atoms with E-state index in [1.54, 1.807) is 35.1 Å². The van der Waals surface area contributed by atoms with Gasteiger partial charge in [-0.3, -0.25) is 9.59 Å². The average molecular weight is 273 g/mol. The van der Waals surface area contributed by atoms with Gasteiger partial charge in [0.05, 0.1) is 6.54 Å². The molecule has 1 heterocycles. The van der Waals surface area contributed by atoms with Crippen molar-refractivity contribution < 1.29 is 9.59 Å². The van der Waals surface area contributed by atoms with Crippen LogP contribution >= 0.6 is 0 Å². The Morgan fingerprint density at radius 2 is 2.15 bits per heavy atom. The van der Waals surface area contributed by atoms with E-state index in [0.717, 1.165) is 12.0 Å². The van der Waals surface area contributed by atoms with Crippen molar-refractivity contribution in [2.24, 2.45) is 0 Å². The van der Waals surface area contributed by atoms with Crippen molar-refractivity contribution in [1.29, 1.82) is 0 Å². The van der Waals surface area contributed by atoms with E-state index in [-0.39, 0.29) is 18.4 Å². The standard InChI is InChI=1S/C15H19N3O2/c1-17-8-3-9-18(11-15(17)20)14(19)7-6-12-4-2-5-13(16)10-12/h2,4-7,10H,3,8-9,11,16H2,1H3/b7-6+. The van der Waals surface area contributed by atoms with Crippen LogP contribution in [0.1, 0.15) is 12.0 Å². The molecule has 1 fully saturated rings. The lowest BCUT2D eigenvalue weighted by molar-refractivity contribution is -0.135. The fraction of sp³-hybridized carbons (Fsp3) is 0.333. The summed E-state index contributed by atoms with van der Waals surface area (Å²) in [6, 6.07) is 7.30. The Balaban J connectivity index is 2.02. The first-order valence-electron chi connectivity index (χ1n) is 6.63. The van der Waals surface area contributed by atoms with Crippen LogP contribution < -0.4 is 5.73 Å². The van der Waals surface area contributed by atoms with Gasteiger partial charge >= 0.3 is 0 Å². The molecule has 0 spiro atoms. The number of benzene rings is 1. The molecule has 0 aliphatic carbocycles. The van der Waals surface area contributed by atoms with E-state index in [4.69, 9.17) is 5.73 Å². The summed E-state index contributed by atoms with van der Waals surface area (Å²) < 4.78 is 0. The highest BCUT2D eigenvalue weighted by atomic mass is 16.2. The van der Waals surface area contributed by atoms with E-state index in [9.17, 15) is 9.59 Å². The van der Waals surface area contributed by atoms with Crippen LogP contribution in [-0.2, 0) is 9.59 Å². The van der Waals surface area contributed by atoms with Gasteiger partial charge in [-0.15, -0.1) is 0 Å². The molecule has 1 aromatic carbocycles. The molecule has 0 aromatic heterocycles. The SMILES string of the molecule is CN1CCCN(C(=O)/C=C/c2cccc(N)c2)CC1=O. The first kappa shape index (κ1) is 14.1. The minimum atomic E-state index is -0.143. The van der Waals surface area contributed by atoms with Gasteiger partial charge in [0, 0.05) is 31.9 Å². The van der Waals surface area contributed by atoms with Gasteiger partial charge in [-0.05, 0) is 30.2 Å². The number of anilines is 1. The average Bonchev–Trinajstić information content (AvgIpc) is 2.59. The van der Waals surface area contributed by atoms with Crippen molar-refractivity contribution in [3.63, 3.8) is 0 Å². The molecule has 2 amide bonds. The largest absolute Gasteiger partial charge is 0.399 e. The lowest BCUT2D eigenvalue weighted by Crippen LogP contribution is -2.37. The first-order chi connectivity index (χ1) is 9.56. The maximum absolute atomic E-state index is 12.1. The molecule has 20 heavy (non-hydrogen) atoms. The fourth-order valence-electron chi connectivity index (χ4n) is 2.11. The molecule has 0 atom stereocenters. The van der Waals surface area contributed by atoms with Gasteiger partial charge < -0.3 is 15.5 Å². The zero-order valence-electron chi connectivity index (χ0n) is 11.6. The number of likely N-dealkylation sites (N-methyl/N-ethyl adjacent to an activating group) is 1. The Hall–Kier alpha value is -2.30. The number of hydrogen-bond donors (Lipinski definition) is 1. The summed E-state index contributed by atoms with van der Waals surface area (Å²) in [6.07, 6.45) is 4.02. The monoisotopic (exact) mass is 273 g/mol. The minimum absolute atomic E-state index is 0.0202. The minimum Gasteiger partial charge on any atom is -0.399 e. The van der Waals surface area contributed by atoms with E-state index >= 15 is 0 Å². The Bertz CT molecular complexity index is 540. The van der Waals surface area contributed by atoms with Crippen LogP contribution in [0.25, 0.3) is 6.08 Å². The van der Waals surface area contributed by atoms with Crippen molar-refractivity contribution in [2.45, 2.75) is 6.42 Å². The highest BCUT2D eigenvalue weighted by molar-refractivity contribution is 5.94. The third-order valence-corrected chi connectivity index (χ3v) is 3.31. The quantitative estimate of drug-likeness (QED) is 0.645. The number of carbonyl (C=O) groups is 2. The Kier molecular flexibility index (Phi) is 4.40. The second-order valence-electron chi connectivity index (χ2n) is 4.93. The molecule has 1 aliphatic rings. The molecule has 0 radical (unpaired) electrons. The first-order valence-corrected chi connectivity index (χ1v) is 6.63. The number of nitrogens with two attached hydrogens (primary N) is 1. The fourth-order valence-corrected chi connectivity index (χ4v) is 2.11. The van der Waals surface area contributed by atoms with Gasteiger partial charge in [0.1, 0.15) is 0 Å². The van der Waals surface area contributed by atoms with Crippen molar-refractivity contribution >= 4 is 23.6 Å². The molecule has 106 valence electrons. The van der Waals surface area contributed by atoms with Crippen LogP contribution in [0.2, 0.25) is 0 Å². The van der Waals surface area contributed by atoms with Gasteiger partial charge in [-0.1, -0.05) is 12.1 Å². The third kappa shape index (κ3) is 3.60. The molecule has 5 nitrogen and oxygen atoms in total. The molecule has 1 aromatic rings. The van der Waals surface area contributed by atoms with Crippen molar-refractivity contribution in [3.05, 3.63) is 35.9 Å². The maximum Gasteiger partial charge on any atom is 0.247 e. The molecule has 2 rings (SSSR count). The molecular weight excluding hydrogens is 254 g/mol. The zero-order valence-corrected chi connectivity index (χ0v) is 11.6. The summed E-state index contributed by atoms with van der Waals surface area (Å²) >= 11 is 0. The van der Waals surface area contributed by atoms with Gasteiger partial charge in [0.2, 0.25) is 11.8 Å². The van der Waals surface area contributed by atoms with Gasteiger partial charge in [-0.25, -0.2) is 0 Å². The predicted octanol–water partition coefficient (Wildman–Crippen LogP) is 0.973. The number of amides is 2. The summed E-state index contributed by atoms with van der Waals surface area (Å²) in [5, 5.41) is 0. The normalized spacial score (nSPS) is 16.6. The lowest BCUT2D eigenvalue weighted by Gasteiger charge is -2.17. The number of rotatable bonds is 2. The molecule has 0 saturated carbocycles. The van der Waals surface area contributed by atoms with E-state index in [1.807, 2.05) is 12.1 Å². The topological polar surface area (TPSA) is 66.6 Å². The molecular formula is C15H19N3O2. The second kappa shape index (κ2) is 6.23. The van der Waals surface area contributed by atoms with Crippen LogP contribution in [0.4, 0.5) is 5.69 Å². The number of nitrogen functional groups attached to an aromatic ring is 1. The van der Waals surface area contributed by atoms with Crippen molar-refractivity contribution in [3.8, 4) is 0 Å². The van der Waals surface area contributed by atoms with Crippen LogP contribution in [0, 0.1) is 0 Å². The molecule has 1 saturated heterocycles. The molecule has 0 unspecified atom stereocenters. The highest BCUT2D eigenvalue weighted by Gasteiger charge is 2.21. The lowest BCUT2D eigenvalue weighted by atomic mass is 10.2. The number of hydrogen-bond acceptors (Lipinski definition) is 3. The van der Waals surface area contributed by atoms with Crippen LogP contribution in [0.5, 0.6) is 0 Å². The second-order valence-corrected chi connectivity index (χ2v) is 4.93. The van der Waals surface area contributed by atoms with E-state index < -0.39 is 0 Å². The highest BCUT2D eigenvalue weighted by Crippen LogP contribution is 2.09. The summed E-state index contributed by atoms with van der Waals surface area (Å²) in [5.41, 5.74) is 7.21. The number of carbonyl (C=O) groups excluding carboxylic acids is 2. The van der Waals surface area contributed by atoms with Crippen LogP contribution in [0.3, 0.4) is 0 Å².